The van der Waals surface area contributed by atoms with Crippen LogP contribution in [0.5, 0.6) is 0 Å². The van der Waals surface area contributed by atoms with Crippen LogP contribution in [0.25, 0.3) is 0 Å². The van der Waals surface area contributed by atoms with Gasteiger partial charge in [0.05, 0.1) is 11.2 Å². The summed E-state index contributed by atoms with van der Waals surface area (Å²) in [7, 11) is -0.847. The Balaban J connectivity index is 1.99. The molecule has 1 aliphatic rings. The highest BCUT2D eigenvalue weighted by Gasteiger charge is 2.51. The van der Waals surface area contributed by atoms with Crippen molar-refractivity contribution in [1.82, 2.24) is 9.97 Å². The highest BCUT2D eigenvalue weighted by atomic mass is 19.4. The molecule has 0 aliphatic carbocycles. The van der Waals surface area contributed by atoms with E-state index in [0.29, 0.717) is 5.46 Å². The predicted octanol–water partition coefficient (Wildman–Crippen LogP) is 3.85. The Morgan fingerprint density at radius 3 is 2.37 bits per heavy atom. The molecule has 5 nitrogen and oxygen atoms in total. The van der Waals surface area contributed by atoms with E-state index in [2.05, 4.69) is 15.3 Å². The molecule has 0 atom stereocenters. The molecule has 144 valence electrons. The molecule has 0 amide bonds. The number of rotatable bonds is 3. The number of aromatic nitrogens is 2. The summed E-state index contributed by atoms with van der Waals surface area (Å²) in [6, 6.07) is 5.04. The molecule has 0 spiro atoms. The Bertz CT molecular complexity index is 936. The van der Waals surface area contributed by atoms with Crippen LogP contribution in [0.3, 0.4) is 0 Å². The molecule has 0 unspecified atom stereocenters. The van der Waals surface area contributed by atoms with Crippen molar-refractivity contribution in [3.8, 4) is 0 Å². The van der Waals surface area contributed by atoms with Gasteiger partial charge < -0.3 is 14.6 Å². The quantitative estimate of drug-likeness (QED) is 0.818. The highest BCUT2D eigenvalue weighted by molar-refractivity contribution is 6.62. The lowest BCUT2D eigenvalue weighted by Crippen LogP contribution is -2.41. The summed E-state index contributed by atoms with van der Waals surface area (Å²) in [5, 5.41) is 2.65. The number of benzene rings is 1. The number of nitrogens with one attached hydrogen (secondary N) is 1. The second-order valence-electron chi connectivity index (χ2n) is 7.32. The fourth-order valence-electron chi connectivity index (χ4n) is 2.54. The zero-order valence-corrected chi connectivity index (χ0v) is 15.3. The number of halogens is 3. The van der Waals surface area contributed by atoms with Gasteiger partial charge in [-0.05, 0) is 63.8 Å². The van der Waals surface area contributed by atoms with Gasteiger partial charge in [-0.2, -0.15) is 13.2 Å². The number of hydrogen-bond donors (Lipinski definition) is 1. The Hall–Kier alpha value is -2.13. The minimum Gasteiger partial charge on any atom is -0.399 e. The molecule has 1 saturated heterocycles. The monoisotopic (exact) mass is 382 g/mol. The van der Waals surface area contributed by atoms with E-state index in [1.165, 1.54) is 12.1 Å². The van der Waals surface area contributed by atoms with E-state index in [-0.39, 0.29) is 17.2 Å². The lowest BCUT2D eigenvalue weighted by atomic mass is 9.78. The minimum absolute atomic E-state index is 0.0239. The molecule has 3 rings (SSSR count). The van der Waals surface area contributed by atoms with Gasteiger partial charge in [-0.1, -0.05) is 6.07 Å². The van der Waals surface area contributed by atoms with Crippen molar-refractivity contribution in [3.05, 3.63) is 41.7 Å². The smallest absolute Gasteiger partial charge is 0.399 e. The molecule has 27 heavy (non-hydrogen) atoms. The number of aryl methyl sites for hydroxylation is 1. The third-order valence-corrected chi connectivity index (χ3v) is 4.68. The predicted molar refractivity (Wildman–Crippen MR) is 97.2 cm³/mol. The molecule has 1 fully saturated rings. The van der Waals surface area contributed by atoms with Gasteiger partial charge in [0.2, 0.25) is 5.95 Å². The van der Waals surface area contributed by atoms with Crippen LogP contribution in [0.4, 0.5) is 24.8 Å². The normalized spacial score (nSPS) is 20.7. The Morgan fingerprint density at radius 2 is 1.78 bits per heavy atom. The third-order valence-electron chi connectivity index (χ3n) is 4.68. The molecule has 0 radical (unpaired) electrons. The topological polar surface area (TPSA) is 56.3 Å². The standard InChI is InChI=1S/C18H21BF3N3O2/c1-11-8-12(19-26-16(2,3)17(4,5)27-19)10-13(9-11)24-15-23-7-6-14(25-15)18(20,21)22/h6-10H,1-5H3,(H,23,24,25)/i1D3. The Morgan fingerprint density at radius 1 is 1.11 bits per heavy atom. The zero-order valence-electron chi connectivity index (χ0n) is 18.3. The molecule has 2 aromatic rings. The second kappa shape index (κ2) is 6.49. The third kappa shape index (κ3) is 4.09. The summed E-state index contributed by atoms with van der Waals surface area (Å²) in [6.45, 7) is 4.98. The number of nitrogens with zero attached hydrogens (tertiary/aromatic N) is 2. The van der Waals surface area contributed by atoms with Crippen LogP contribution in [-0.4, -0.2) is 28.3 Å². The van der Waals surface area contributed by atoms with Gasteiger partial charge in [0.15, 0.2) is 0 Å². The first kappa shape index (κ1) is 15.9. The maximum absolute atomic E-state index is 12.9. The molecular formula is C18H21BF3N3O2. The molecule has 2 heterocycles. The zero-order chi connectivity index (χ0) is 22.5. The van der Waals surface area contributed by atoms with Gasteiger partial charge in [-0.15, -0.1) is 0 Å². The molecular weight excluding hydrogens is 358 g/mol. The fraction of sp³-hybridized carbons (Fsp3) is 0.444. The molecule has 0 saturated carbocycles. The molecule has 0 bridgehead atoms. The maximum atomic E-state index is 12.9. The van der Waals surface area contributed by atoms with Crippen molar-refractivity contribution < 1.29 is 26.6 Å². The van der Waals surface area contributed by atoms with Gasteiger partial charge in [0, 0.05) is 16.0 Å². The number of anilines is 2. The van der Waals surface area contributed by atoms with Crippen LogP contribution >= 0.6 is 0 Å². The Labute approximate surface area is 160 Å². The molecule has 9 heteroatoms. The molecule has 1 N–H and O–H groups in total. The van der Waals surface area contributed by atoms with Gasteiger partial charge in [-0.25, -0.2) is 9.97 Å². The summed E-state index contributed by atoms with van der Waals surface area (Å²) < 4.78 is 73.9. The first-order valence-electron chi connectivity index (χ1n) is 9.77. The van der Waals surface area contributed by atoms with Crippen LogP contribution in [-0.2, 0) is 15.5 Å². The van der Waals surface area contributed by atoms with E-state index in [4.69, 9.17) is 13.4 Å². The maximum Gasteiger partial charge on any atom is 0.494 e. The van der Waals surface area contributed by atoms with E-state index in [0.717, 1.165) is 12.3 Å². The van der Waals surface area contributed by atoms with Gasteiger partial charge in [0.25, 0.3) is 0 Å². The Kier molecular flexibility index (Phi) is 3.82. The summed E-state index contributed by atoms with van der Waals surface area (Å²) in [5.41, 5.74) is -1.82. The van der Waals surface area contributed by atoms with Gasteiger partial charge in [0.1, 0.15) is 5.69 Å². The van der Waals surface area contributed by atoms with Crippen molar-refractivity contribution in [2.75, 3.05) is 5.32 Å². The van der Waals surface area contributed by atoms with Crippen molar-refractivity contribution in [2.24, 2.45) is 0 Å². The SMILES string of the molecule is [2H]C([2H])([2H])c1cc(Nc2nccc(C(F)(F)F)n2)cc(B2OC(C)(C)C(C)(C)O2)c1. The number of alkyl halides is 3. The van der Waals surface area contributed by atoms with Gasteiger partial charge >= 0.3 is 13.3 Å². The average Bonchev–Trinajstić information content (AvgIpc) is 2.81. The van der Waals surface area contributed by atoms with Crippen LogP contribution in [0, 0.1) is 6.85 Å². The molecule has 1 aromatic carbocycles. The van der Waals surface area contributed by atoms with Crippen molar-refractivity contribution in [2.45, 2.75) is 51.9 Å². The summed E-state index contributed by atoms with van der Waals surface area (Å²) in [5.74, 6) is -0.313. The lowest BCUT2D eigenvalue weighted by molar-refractivity contribution is -0.141. The van der Waals surface area contributed by atoms with Crippen LogP contribution in [0.2, 0.25) is 0 Å². The average molecular weight is 382 g/mol. The number of hydrogen-bond acceptors (Lipinski definition) is 5. The van der Waals surface area contributed by atoms with E-state index in [1.807, 2.05) is 27.7 Å². The fourth-order valence-corrected chi connectivity index (χ4v) is 2.54. The largest absolute Gasteiger partial charge is 0.494 e. The van der Waals surface area contributed by atoms with Crippen LogP contribution in [0.1, 0.15) is 43.1 Å². The van der Waals surface area contributed by atoms with E-state index in [1.54, 1.807) is 6.07 Å². The van der Waals surface area contributed by atoms with Crippen molar-refractivity contribution in [3.63, 3.8) is 0 Å². The van der Waals surface area contributed by atoms with E-state index < -0.39 is 37.0 Å². The lowest BCUT2D eigenvalue weighted by Gasteiger charge is -2.32. The van der Waals surface area contributed by atoms with E-state index >= 15 is 0 Å². The summed E-state index contributed by atoms with van der Waals surface area (Å²) in [6.07, 6.45) is -3.66. The first-order valence-corrected chi connectivity index (χ1v) is 8.27. The van der Waals surface area contributed by atoms with Gasteiger partial charge in [-0.3, -0.25) is 0 Å². The first-order chi connectivity index (χ1) is 13.6. The van der Waals surface area contributed by atoms with Crippen molar-refractivity contribution in [1.29, 1.82) is 0 Å². The molecule has 1 aliphatic heterocycles. The van der Waals surface area contributed by atoms with Crippen LogP contribution < -0.4 is 10.8 Å². The van der Waals surface area contributed by atoms with Crippen LogP contribution in [0.15, 0.2) is 30.5 Å². The second-order valence-corrected chi connectivity index (χ2v) is 7.32. The molecule has 1 aromatic heterocycles. The van der Waals surface area contributed by atoms with Crippen molar-refractivity contribution >= 4 is 24.2 Å². The minimum atomic E-state index is -4.63. The summed E-state index contributed by atoms with van der Waals surface area (Å²) in [4.78, 5) is 7.24. The van der Waals surface area contributed by atoms with E-state index in [9.17, 15) is 13.2 Å². The highest BCUT2D eigenvalue weighted by Crippen LogP contribution is 2.36. The summed E-state index contributed by atoms with van der Waals surface area (Å²) >= 11 is 0.